The number of benzene rings is 3. The smallest absolute Gasteiger partial charge is 0.189 e. The number of hydrogen-bond acceptors (Lipinski definition) is 6. The average molecular weight is 498 g/mol. The van der Waals surface area contributed by atoms with Crippen molar-refractivity contribution in [3.63, 3.8) is 0 Å². The van der Waals surface area contributed by atoms with Crippen molar-refractivity contribution >= 4 is 33.3 Å². The first-order chi connectivity index (χ1) is 18.1. The molecule has 2 N–H and O–H groups in total. The molecule has 8 nitrogen and oxygen atoms in total. The first-order valence-corrected chi connectivity index (χ1v) is 12.2. The Bertz CT molecular complexity index is 1540. The number of ether oxygens (including phenoxy) is 2. The van der Waals surface area contributed by atoms with E-state index >= 15 is 0 Å². The molecular weight excluding hydrogens is 466 g/mol. The SMILES string of the molecule is CN=C(C)[C@@H](On1nc(NCCc2c[nH]c3ccccc23)c2cc(OC)c(OC)cc21)c1ccccc1. The number of nitrogens with one attached hydrogen (secondary N) is 2. The summed E-state index contributed by atoms with van der Waals surface area (Å²) in [6, 6.07) is 22.1. The van der Waals surface area contributed by atoms with Crippen LogP contribution in [0.5, 0.6) is 11.5 Å². The van der Waals surface area contributed by atoms with Crippen molar-refractivity contribution in [2.45, 2.75) is 19.4 Å². The van der Waals surface area contributed by atoms with E-state index in [9.17, 15) is 0 Å². The number of methoxy groups -OCH3 is 2. The summed E-state index contributed by atoms with van der Waals surface area (Å²) in [5.41, 5.74) is 4.98. The average Bonchev–Trinajstić information content (AvgIpc) is 3.51. The molecule has 8 heteroatoms. The van der Waals surface area contributed by atoms with Crippen molar-refractivity contribution in [2.24, 2.45) is 4.99 Å². The predicted molar refractivity (Wildman–Crippen MR) is 148 cm³/mol. The second-order valence-electron chi connectivity index (χ2n) is 8.74. The molecule has 1 atom stereocenters. The van der Waals surface area contributed by atoms with E-state index in [0.717, 1.165) is 34.1 Å². The Morgan fingerprint density at radius 3 is 2.49 bits per heavy atom. The summed E-state index contributed by atoms with van der Waals surface area (Å²) < 4.78 is 11.1. The lowest BCUT2D eigenvalue weighted by molar-refractivity contribution is 0.0605. The van der Waals surface area contributed by atoms with E-state index in [1.54, 1.807) is 26.1 Å². The highest BCUT2D eigenvalue weighted by atomic mass is 16.7. The van der Waals surface area contributed by atoms with Gasteiger partial charge in [0.25, 0.3) is 0 Å². The summed E-state index contributed by atoms with van der Waals surface area (Å²) in [5.74, 6) is 1.93. The van der Waals surface area contributed by atoms with Crippen LogP contribution in [0.15, 0.2) is 77.9 Å². The van der Waals surface area contributed by atoms with Crippen molar-refractivity contribution in [3.05, 3.63) is 84.1 Å². The van der Waals surface area contributed by atoms with Gasteiger partial charge in [0, 0.05) is 42.3 Å². The molecule has 0 bridgehead atoms. The van der Waals surface area contributed by atoms with E-state index in [2.05, 4.69) is 39.7 Å². The molecule has 0 aliphatic rings. The number of aromatic amines is 1. The van der Waals surface area contributed by atoms with E-state index in [1.807, 2.05) is 55.5 Å². The summed E-state index contributed by atoms with van der Waals surface area (Å²) in [5, 5.41) is 10.4. The van der Waals surface area contributed by atoms with Crippen LogP contribution in [0.3, 0.4) is 0 Å². The molecule has 0 radical (unpaired) electrons. The third-order valence-electron chi connectivity index (χ3n) is 6.56. The molecule has 0 saturated carbocycles. The highest BCUT2D eigenvalue weighted by Crippen LogP contribution is 2.35. The minimum absolute atomic E-state index is 0.401. The fraction of sp³-hybridized carbons (Fsp3) is 0.241. The molecule has 0 saturated heterocycles. The van der Waals surface area contributed by atoms with Crippen LogP contribution in [-0.2, 0) is 6.42 Å². The van der Waals surface area contributed by atoms with Gasteiger partial charge in [-0.05, 0) is 31.0 Å². The van der Waals surface area contributed by atoms with Gasteiger partial charge in [0.05, 0.1) is 25.3 Å². The number of aliphatic imine (C=N–C) groups is 1. The van der Waals surface area contributed by atoms with E-state index < -0.39 is 6.10 Å². The summed E-state index contributed by atoms with van der Waals surface area (Å²) >= 11 is 0. The Morgan fingerprint density at radius 1 is 1.00 bits per heavy atom. The van der Waals surface area contributed by atoms with Crippen molar-refractivity contribution in [1.29, 1.82) is 0 Å². The number of H-pyrrole nitrogens is 1. The van der Waals surface area contributed by atoms with Crippen molar-refractivity contribution in [3.8, 4) is 11.5 Å². The van der Waals surface area contributed by atoms with Gasteiger partial charge in [-0.3, -0.25) is 4.99 Å². The quantitative estimate of drug-likeness (QED) is 0.251. The van der Waals surface area contributed by atoms with Gasteiger partial charge >= 0.3 is 0 Å². The van der Waals surface area contributed by atoms with Gasteiger partial charge in [0.2, 0.25) is 0 Å². The van der Waals surface area contributed by atoms with E-state index in [4.69, 9.17) is 19.4 Å². The third-order valence-corrected chi connectivity index (χ3v) is 6.56. The van der Waals surface area contributed by atoms with E-state index in [1.165, 1.54) is 10.9 Å². The third kappa shape index (κ3) is 4.82. The Kier molecular flexibility index (Phi) is 6.98. The van der Waals surface area contributed by atoms with Gasteiger partial charge < -0.3 is 24.6 Å². The van der Waals surface area contributed by atoms with Gasteiger partial charge in [-0.15, -0.1) is 5.10 Å². The van der Waals surface area contributed by atoms with Gasteiger partial charge in [-0.1, -0.05) is 53.4 Å². The lowest BCUT2D eigenvalue weighted by Crippen LogP contribution is -2.25. The first-order valence-electron chi connectivity index (χ1n) is 12.2. The van der Waals surface area contributed by atoms with Gasteiger partial charge in [0.15, 0.2) is 23.4 Å². The Hall–Kier alpha value is -4.46. The van der Waals surface area contributed by atoms with Gasteiger partial charge in [-0.2, -0.15) is 0 Å². The molecule has 0 spiro atoms. The largest absolute Gasteiger partial charge is 0.493 e. The number of nitrogens with zero attached hydrogens (tertiary/aromatic N) is 3. The summed E-state index contributed by atoms with van der Waals surface area (Å²) in [7, 11) is 5.01. The number of hydrogen-bond donors (Lipinski definition) is 2. The zero-order chi connectivity index (χ0) is 25.8. The summed E-state index contributed by atoms with van der Waals surface area (Å²) in [6.45, 7) is 2.65. The van der Waals surface area contributed by atoms with Gasteiger partial charge in [-0.25, -0.2) is 0 Å². The Balaban J connectivity index is 1.49. The van der Waals surface area contributed by atoms with Crippen LogP contribution in [0, 0.1) is 0 Å². The van der Waals surface area contributed by atoms with Crippen LogP contribution in [0.4, 0.5) is 5.82 Å². The number of rotatable bonds is 10. The molecule has 190 valence electrons. The molecule has 0 aliphatic carbocycles. The topological polar surface area (TPSA) is 85.7 Å². The molecule has 3 aromatic carbocycles. The van der Waals surface area contributed by atoms with Crippen LogP contribution in [0.1, 0.15) is 24.2 Å². The molecule has 5 rings (SSSR count). The zero-order valence-electron chi connectivity index (χ0n) is 21.5. The lowest BCUT2D eigenvalue weighted by atomic mass is 10.1. The molecule has 2 heterocycles. The number of aromatic nitrogens is 3. The van der Waals surface area contributed by atoms with E-state index in [0.29, 0.717) is 23.9 Å². The number of anilines is 1. The Labute approximate surface area is 215 Å². The fourth-order valence-electron chi connectivity index (χ4n) is 4.50. The molecule has 2 aromatic heterocycles. The molecule has 37 heavy (non-hydrogen) atoms. The zero-order valence-corrected chi connectivity index (χ0v) is 21.5. The minimum atomic E-state index is -0.401. The number of para-hydroxylation sites is 1. The van der Waals surface area contributed by atoms with Crippen molar-refractivity contribution in [2.75, 3.05) is 33.1 Å². The maximum atomic E-state index is 6.46. The van der Waals surface area contributed by atoms with Crippen LogP contribution in [-0.4, -0.2) is 48.5 Å². The second kappa shape index (κ2) is 10.7. The summed E-state index contributed by atoms with van der Waals surface area (Å²) in [6.07, 6.45) is 2.50. The molecule has 0 unspecified atom stereocenters. The Morgan fingerprint density at radius 2 is 1.73 bits per heavy atom. The van der Waals surface area contributed by atoms with Crippen LogP contribution >= 0.6 is 0 Å². The maximum Gasteiger partial charge on any atom is 0.189 e. The maximum absolute atomic E-state index is 6.46. The summed E-state index contributed by atoms with van der Waals surface area (Å²) in [4.78, 5) is 15.8. The van der Waals surface area contributed by atoms with Crippen molar-refractivity contribution in [1.82, 2.24) is 14.9 Å². The highest BCUT2D eigenvalue weighted by Gasteiger charge is 2.22. The van der Waals surface area contributed by atoms with E-state index in [-0.39, 0.29) is 0 Å². The molecule has 5 aromatic rings. The minimum Gasteiger partial charge on any atom is -0.493 e. The fourth-order valence-corrected chi connectivity index (χ4v) is 4.50. The first kappa shape index (κ1) is 24.2. The lowest BCUT2D eigenvalue weighted by Gasteiger charge is -2.19. The van der Waals surface area contributed by atoms with Crippen LogP contribution in [0.2, 0.25) is 0 Å². The molecule has 0 amide bonds. The molecular formula is C29H31N5O3. The van der Waals surface area contributed by atoms with Gasteiger partial charge in [0.1, 0.15) is 5.52 Å². The molecule has 0 aliphatic heterocycles. The standard InChI is InChI=1S/C29H31N5O3/c1-19(30-2)28(20-10-6-5-7-11-20)37-34-25-17-27(36-4)26(35-3)16-23(25)29(33-34)31-15-14-21-18-32-24-13-9-8-12-22(21)24/h5-13,16-18,28,32H,14-15H2,1-4H3,(H,31,33)/t28-/m1/s1. The monoisotopic (exact) mass is 497 g/mol. The highest BCUT2D eigenvalue weighted by molar-refractivity contribution is 5.93. The molecule has 0 fully saturated rings. The van der Waals surface area contributed by atoms with Crippen LogP contribution in [0.25, 0.3) is 21.8 Å². The second-order valence-corrected chi connectivity index (χ2v) is 8.74. The number of fused-ring (bicyclic) bond motifs is 2. The van der Waals surface area contributed by atoms with Crippen molar-refractivity contribution < 1.29 is 14.3 Å². The predicted octanol–water partition coefficient (Wildman–Crippen LogP) is 5.45. The normalized spacial score (nSPS) is 12.6. The van der Waals surface area contributed by atoms with Crippen LogP contribution < -0.4 is 19.6 Å².